The number of methoxy groups -OCH3 is 1. The van der Waals surface area contributed by atoms with Crippen LogP contribution in [0.15, 0.2) is 18.3 Å². The minimum atomic E-state index is -0.948. The average molecular weight is 195 g/mol. The van der Waals surface area contributed by atoms with Gasteiger partial charge < -0.3 is 9.84 Å². The number of carbonyl (C=O) groups is 1. The molecule has 1 atom stereocenters. The van der Waals surface area contributed by atoms with E-state index in [2.05, 4.69) is 4.98 Å². The zero-order chi connectivity index (χ0) is 10.6. The number of pyridine rings is 1. The smallest absolute Gasteiger partial charge is 0.333 e. The highest BCUT2D eigenvalue weighted by Crippen LogP contribution is 2.08. The van der Waals surface area contributed by atoms with E-state index in [1.807, 2.05) is 13.0 Å². The Bertz CT molecular complexity index is 325. The van der Waals surface area contributed by atoms with Gasteiger partial charge in [-0.15, -0.1) is 0 Å². The van der Waals surface area contributed by atoms with Crippen molar-refractivity contribution in [3.8, 4) is 0 Å². The third kappa shape index (κ3) is 2.53. The number of rotatable bonds is 4. The molecular formula is C10H13NO3. The van der Waals surface area contributed by atoms with E-state index in [0.717, 1.165) is 11.3 Å². The number of carboxylic acids is 1. The summed E-state index contributed by atoms with van der Waals surface area (Å²) in [5, 5.41) is 8.78. The number of hydrogen-bond acceptors (Lipinski definition) is 3. The van der Waals surface area contributed by atoms with Gasteiger partial charge >= 0.3 is 5.97 Å². The van der Waals surface area contributed by atoms with Crippen molar-refractivity contribution in [2.24, 2.45) is 0 Å². The summed E-state index contributed by atoms with van der Waals surface area (Å²) in [5.41, 5.74) is 1.75. The summed E-state index contributed by atoms with van der Waals surface area (Å²) in [6.07, 6.45) is 1.24. The first-order valence-electron chi connectivity index (χ1n) is 4.31. The number of aryl methyl sites for hydroxylation is 1. The van der Waals surface area contributed by atoms with Crippen molar-refractivity contribution >= 4 is 5.97 Å². The van der Waals surface area contributed by atoms with Gasteiger partial charge in [-0.25, -0.2) is 4.79 Å². The predicted octanol–water partition coefficient (Wildman–Crippen LogP) is 1.03. The van der Waals surface area contributed by atoms with Crippen LogP contribution in [0.3, 0.4) is 0 Å². The van der Waals surface area contributed by atoms with Gasteiger partial charge in [0.2, 0.25) is 0 Å². The Morgan fingerprint density at radius 3 is 2.93 bits per heavy atom. The summed E-state index contributed by atoms with van der Waals surface area (Å²) in [6, 6.07) is 3.65. The molecule has 1 heterocycles. The van der Waals surface area contributed by atoms with Crippen LogP contribution in [-0.2, 0) is 16.0 Å². The minimum Gasteiger partial charge on any atom is -0.479 e. The molecule has 4 heteroatoms. The fraction of sp³-hybridized carbons (Fsp3) is 0.400. The average Bonchev–Trinajstić information content (AvgIpc) is 2.16. The molecule has 1 aromatic rings. The largest absolute Gasteiger partial charge is 0.479 e. The van der Waals surface area contributed by atoms with Crippen LogP contribution in [0.25, 0.3) is 0 Å². The summed E-state index contributed by atoms with van der Waals surface area (Å²) in [7, 11) is 1.39. The van der Waals surface area contributed by atoms with Crippen LogP contribution >= 0.6 is 0 Å². The van der Waals surface area contributed by atoms with Crippen LogP contribution in [0.4, 0.5) is 0 Å². The highest BCUT2D eigenvalue weighted by Gasteiger charge is 2.17. The van der Waals surface area contributed by atoms with E-state index in [1.54, 1.807) is 12.3 Å². The van der Waals surface area contributed by atoms with Crippen LogP contribution in [0.2, 0.25) is 0 Å². The van der Waals surface area contributed by atoms with Gasteiger partial charge in [0.25, 0.3) is 0 Å². The van der Waals surface area contributed by atoms with Crippen LogP contribution < -0.4 is 0 Å². The van der Waals surface area contributed by atoms with Gasteiger partial charge in [0, 0.05) is 25.4 Å². The van der Waals surface area contributed by atoms with E-state index in [0.29, 0.717) is 6.42 Å². The van der Waals surface area contributed by atoms with E-state index in [-0.39, 0.29) is 0 Å². The lowest BCUT2D eigenvalue weighted by molar-refractivity contribution is -0.148. The Kier molecular flexibility index (Phi) is 3.59. The minimum absolute atomic E-state index is 0.353. The Labute approximate surface area is 82.5 Å². The number of nitrogens with zero attached hydrogens (tertiary/aromatic N) is 1. The first-order chi connectivity index (χ1) is 6.65. The maximum Gasteiger partial charge on any atom is 0.333 e. The quantitative estimate of drug-likeness (QED) is 0.779. The molecule has 76 valence electrons. The number of hydrogen-bond donors (Lipinski definition) is 1. The molecule has 0 aliphatic rings. The van der Waals surface area contributed by atoms with E-state index in [1.165, 1.54) is 7.11 Å². The molecule has 0 radical (unpaired) electrons. The van der Waals surface area contributed by atoms with Gasteiger partial charge in [-0.05, 0) is 18.6 Å². The van der Waals surface area contributed by atoms with E-state index >= 15 is 0 Å². The molecule has 0 bridgehead atoms. The second kappa shape index (κ2) is 4.72. The summed E-state index contributed by atoms with van der Waals surface area (Å²) in [5.74, 6) is -0.948. The lowest BCUT2D eigenvalue weighted by atomic mass is 10.1. The third-order valence-electron chi connectivity index (χ3n) is 2.08. The van der Waals surface area contributed by atoms with Gasteiger partial charge in [0.1, 0.15) is 0 Å². The molecule has 0 aliphatic carbocycles. The van der Waals surface area contributed by atoms with Gasteiger partial charge in [-0.3, -0.25) is 4.98 Å². The van der Waals surface area contributed by atoms with Crippen LogP contribution in [0.5, 0.6) is 0 Å². The fourth-order valence-electron chi connectivity index (χ4n) is 1.20. The van der Waals surface area contributed by atoms with Gasteiger partial charge in [-0.1, -0.05) is 6.07 Å². The highest BCUT2D eigenvalue weighted by atomic mass is 16.5. The monoisotopic (exact) mass is 195 g/mol. The van der Waals surface area contributed by atoms with E-state index < -0.39 is 12.1 Å². The van der Waals surface area contributed by atoms with Crippen molar-refractivity contribution in [1.82, 2.24) is 4.98 Å². The molecule has 0 aliphatic heterocycles. The van der Waals surface area contributed by atoms with Crippen molar-refractivity contribution < 1.29 is 14.6 Å². The number of carboxylic acid groups (broad SMARTS) is 1. The lowest BCUT2D eigenvalue weighted by Gasteiger charge is -2.11. The van der Waals surface area contributed by atoms with Crippen LogP contribution in [0.1, 0.15) is 11.3 Å². The summed E-state index contributed by atoms with van der Waals surface area (Å²) >= 11 is 0. The summed E-state index contributed by atoms with van der Waals surface area (Å²) < 4.78 is 4.84. The maximum atomic E-state index is 10.7. The van der Waals surface area contributed by atoms with Gasteiger partial charge in [0.05, 0.1) is 0 Å². The van der Waals surface area contributed by atoms with Gasteiger partial charge in [0.15, 0.2) is 6.10 Å². The molecule has 0 saturated heterocycles. The molecule has 0 fully saturated rings. The fourth-order valence-corrected chi connectivity index (χ4v) is 1.20. The van der Waals surface area contributed by atoms with Crippen molar-refractivity contribution in [3.05, 3.63) is 29.6 Å². The Hall–Kier alpha value is -1.42. The predicted molar refractivity (Wildman–Crippen MR) is 51.1 cm³/mol. The zero-order valence-corrected chi connectivity index (χ0v) is 8.23. The maximum absolute atomic E-state index is 10.7. The lowest BCUT2D eigenvalue weighted by Crippen LogP contribution is -2.25. The molecule has 0 amide bonds. The van der Waals surface area contributed by atoms with Crippen molar-refractivity contribution in [3.63, 3.8) is 0 Å². The molecule has 1 rings (SSSR count). The molecule has 0 spiro atoms. The topological polar surface area (TPSA) is 59.4 Å². The van der Waals surface area contributed by atoms with E-state index in [9.17, 15) is 4.79 Å². The molecule has 1 unspecified atom stereocenters. The molecule has 14 heavy (non-hydrogen) atoms. The Balaban J connectivity index is 2.77. The van der Waals surface area contributed by atoms with Crippen molar-refractivity contribution in [2.75, 3.05) is 7.11 Å². The molecule has 0 saturated carbocycles. The van der Waals surface area contributed by atoms with Gasteiger partial charge in [-0.2, -0.15) is 0 Å². The first-order valence-corrected chi connectivity index (χ1v) is 4.31. The molecule has 1 aromatic heterocycles. The Morgan fingerprint density at radius 2 is 2.43 bits per heavy atom. The molecule has 4 nitrogen and oxygen atoms in total. The number of aliphatic carboxylic acids is 1. The standard InChI is InChI=1S/C10H13NO3/c1-7-8(4-3-5-11-7)6-9(14-2)10(12)13/h3-5,9H,6H2,1-2H3,(H,12,13). The molecule has 1 N–H and O–H groups in total. The molecular weight excluding hydrogens is 182 g/mol. The van der Waals surface area contributed by atoms with Crippen LogP contribution in [-0.4, -0.2) is 29.3 Å². The second-order valence-corrected chi connectivity index (χ2v) is 3.01. The zero-order valence-electron chi connectivity index (χ0n) is 8.23. The summed E-state index contributed by atoms with van der Waals surface area (Å²) in [6.45, 7) is 1.85. The second-order valence-electron chi connectivity index (χ2n) is 3.01. The summed E-state index contributed by atoms with van der Waals surface area (Å²) in [4.78, 5) is 14.8. The first kappa shape index (κ1) is 10.7. The normalized spacial score (nSPS) is 12.4. The third-order valence-corrected chi connectivity index (χ3v) is 2.08. The Morgan fingerprint density at radius 1 is 1.71 bits per heavy atom. The van der Waals surface area contributed by atoms with Crippen molar-refractivity contribution in [2.45, 2.75) is 19.4 Å². The highest BCUT2D eigenvalue weighted by molar-refractivity contribution is 5.72. The number of ether oxygens (including phenoxy) is 1. The van der Waals surface area contributed by atoms with E-state index in [4.69, 9.17) is 9.84 Å². The molecule has 0 aromatic carbocycles. The van der Waals surface area contributed by atoms with Crippen molar-refractivity contribution in [1.29, 1.82) is 0 Å². The number of aromatic nitrogens is 1. The SMILES string of the molecule is COC(Cc1cccnc1C)C(=O)O. The van der Waals surface area contributed by atoms with Crippen LogP contribution in [0, 0.1) is 6.92 Å².